The van der Waals surface area contributed by atoms with E-state index in [1.165, 1.54) is 18.4 Å². The summed E-state index contributed by atoms with van der Waals surface area (Å²) in [5, 5.41) is 12.9. The Labute approximate surface area is 151 Å². The monoisotopic (exact) mass is 351 g/mol. The number of H-pyrrole nitrogens is 1. The Morgan fingerprint density at radius 3 is 2.60 bits per heavy atom. The summed E-state index contributed by atoms with van der Waals surface area (Å²) in [6.45, 7) is 4.26. The van der Waals surface area contributed by atoms with Crippen molar-refractivity contribution < 1.29 is 0 Å². The minimum absolute atomic E-state index is 0.594. The maximum absolute atomic E-state index is 4.64. The van der Waals surface area contributed by atoms with Crippen molar-refractivity contribution >= 4 is 11.8 Å². The summed E-state index contributed by atoms with van der Waals surface area (Å²) in [6, 6.07) is 10.5. The molecule has 4 rings (SSSR count). The largest absolute Gasteiger partial charge is 0.317 e. The maximum atomic E-state index is 4.64. The number of benzene rings is 1. The first kappa shape index (κ1) is 16.3. The van der Waals surface area contributed by atoms with Crippen LogP contribution in [0.25, 0.3) is 22.5 Å². The quantitative estimate of drug-likeness (QED) is 0.750. The van der Waals surface area contributed by atoms with Gasteiger partial charge in [0.1, 0.15) is 11.4 Å². The minimum Gasteiger partial charge on any atom is -0.317 e. The van der Waals surface area contributed by atoms with Gasteiger partial charge in [-0.2, -0.15) is 5.10 Å². The topological polar surface area (TPSA) is 66.5 Å². The summed E-state index contributed by atoms with van der Waals surface area (Å²) >= 11 is 1.86. The molecule has 5 nitrogen and oxygen atoms in total. The highest BCUT2D eigenvalue weighted by Gasteiger charge is 2.22. The second-order valence-electron chi connectivity index (χ2n) is 6.31. The van der Waals surface area contributed by atoms with E-state index in [4.69, 9.17) is 0 Å². The number of nitrogens with zero attached hydrogens (tertiary/aromatic N) is 3. The fourth-order valence-electron chi connectivity index (χ4n) is 3.09. The van der Waals surface area contributed by atoms with Crippen LogP contribution in [0, 0.1) is 6.92 Å². The van der Waals surface area contributed by atoms with Crippen LogP contribution >= 0.6 is 11.8 Å². The third-order valence-corrected chi connectivity index (χ3v) is 5.80. The minimum atomic E-state index is 0.594. The van der Waals surface area contributed by atoms with Gasteiger partial charge in [-0.25, -0.2) is 9.97 Å². The number of piperidine rings is 1. The number of aromatic amines is 1. The molecule has 2 aromatic heterocycles. The number of thioether (sulfide) groups is 1. The lowest BCUT2D eigenvalue weighted by atomic mass is 10.0. The Balaban J connectivity index is 1.75. The van der Waals surface area contributed by atoms with Crippen LogP contribution in [-0.4, -0.2) is 38.5 Å². The molecule has 0 saturated carbocycles. The molecule has 3 heterocycles. The van der Waals surface area contributed by atoms with Crippen LogP contribution in [0.3, 0.4) is 0 Å². The lowest BCUT2D eigenvalue weighted by Gasteiger charge is -2.21. The molecule has 0 spiro atoms. The van der Waals surface area contributed by atoms with Crippen molar-refractivity contribution in [2.24, 2.45) is 0 Å². The van der Waals surface area contributed by atoms with Crippen molar-refractivity contribution in [1.82, 2.24) is 25.5 Å². The van der Waals surface area contributed by atoms with Crippen LogP contribution in [0.2, 0.25) is 0 Å². The molecule has 0 bridgehead atoms. The van der Waals surface area contributed by atoms with Gasteiger partial charge in [0.25, 0.3) is 0 Å². The van der Waals surface area contributed by atoms with Crippen LogP contribution in [0.1, 0.15) is 18.4 Å². The van der Waals surface area contributed by atoms with E-state index < -0.39 is 0 Å². The predicted molar refractivity (Wildman–Crippen MR) is 102 cm³/mol. The van der Waals surface area contributed by atoms with Crippen molar-refractivity contribution in [2.45, 2.75) is 30.0 Å². The summed E-state index contributed by atoms with van der Waals surface area (Å²) < 4.78 is 0. The number of hydrogen-bond acceptors (Lipinski definition) is 5. The van der Waals surface area contributed by atoms with Gasteiger partial charge in [-0.3, -0.25) is 5.10 Å². The number of aryl methyl sites for hydroxylation is 1. The first-order valence-electron chi connectivity index (χ1n) is 8.60. The van der Waals surface area contributed by atoms with Gasteiger partial charge in [-0.1, -0.05) is 29.8 Å². The number of nitrogens with one attached hydrogen (secondary N) is 2. The highest BCUT2D eigenvalue weighted by molar-refractivity contribution is 8.00. The lowest BCUT2D eigenvalue weighted by molar-refractivity contribution is 0.531. The van der Waals surface area contributed by atoms with Gasteiger partial charge in [-0.05, 0) is 38.9 Å². The molecule has 0 aliphatic carbocycles. The Morgan fingerprint density at radius 1 is 1.08 bits per heavy atom. The summed E-state index contributed by atoms with van der Waals surface area (Å²) in [5.74, 6) is 0. The molecule has 0 radical (unpaired) electrons. The van der Waals surface area contributed by atoms with Gasteiger partial charge in [0, 0.05) is 17.0 Å². The first-order valence-corrected chi connectivity index (χ1v) is 9.48. The van der Waals surface area contributed by atoms with Gasteiger partial charge >= 0.3 is 0 Å². The molecule has 1 aliphatic heterocycles. The van der Waals surface area contributed by atoms with Gasteiger partial charge in [0.15, 0.2) is 0 Å². The molecule has 25 heavy (non-hydrogen) atoms. The molecule has 1 saturated heterocycles. The molecule has 0 atom stereocenters. The van der Waals surface area contributed by atoms with E-state index in [0.29, 0.717) is 5.25 Å². The van der Waals surface area contributed by atoms with Crippen LogP contribution in [-0.2, 0) is 0 Å². The van der Waals surface area contributed by atoms with Gasteiger partial charge in [-0.15, -0.1) is 11.8 Å². The molecular weight excluding hydrogens is 330 g/mol. The Morgan fingerprint density at radius 2 is 1.88 bits per heavy atom. The zero-order valence-corrected chi connectivity index (χ0v) is 15.0. The van der Waals surface area contributed by atoms with E-state index in [2.05, 4.69) is 56.7 Å². The molecule has 0 amide bonds. The van der Waals surface area contributed by atoms with Crippen LogP contribution in [0.4, 0.5) is 0 Å². The van der Waals surface area contributed by atoms with E-state index in [9.17, 15) is 0 Å². The average molecular weight is 351 g/mol. The molecule has 0 unspecified atom stereocenters. The summed E-state index contributed by atoms with van der Waals surface area (Å²) in [5.41, 5.74) is 5.39. The van der Waals surface area contributed by atoms with E-state index >= 15 is 0 Å². The van der Waals surface area contributed by atoms with E-state index in [1.807, 2.05) is 17.8 Å². The van der Waals surface area contributed by atoms with E-state index in [-0.39, 0.29) is 0 Å². The zero-order valence-electron chi connectivity index (χ0n) is 14.2. The normalized spacial score (nSPS) is 15.4. The number of hydrogen-bond donors (Lipinski definition) is 2. The van der Waals surface area contributed by atoms with Gasteiger partial charge in [0.2, 0.25) is 0 Å². The zero-order chi connectivity index (χ0) is 17.1. The highest BCUT2D eigenvalue weighted by Crippen LogP contribution is 2.39. The molecule has 1 fully saturated rings. The van der Waals surface area contributed by atoms with E-state index in [0.717, 1.165) is 40.6 Å². The molecule has 1 aromatic carbocycles. The molecule has 3 aromatic rings. The third-order valence-electron chi connectivity index (χ3n) is 4.48. The third kappa shape index (κ3) is 3.60. The molecule has 6 heteroatoms. The Kier molecular flexibility index (Phi) is 4.81. The fraction of sp³-hybridized carbons (Fsp3) is 0.316. The Bertz CT molecular complexity index is 823. The molecule has 2 N–H and O–H groups in total. The van der Waals surface area contributed by atoms with Crippen molar-refractivity contribution in [3.05, 3.63) is 48.4 Å². The summed E-state index contributed by atoms with van der Waals surface area (Å²) in [7, 11) is 0. The van der Waals surface area contributed by atoms with Crippen molar-refractivity contribution in [3.8, 4) is 22.5 Å². The SMILES string of the molecule is Cc1ccc(-c2[nH]nc(SC3CCNCC3)c2-c2ccncn2)cc1. The Hall–Kier alpha value is -2.18. The van der Waals surface area contributed by atoms with Gasteiger partial charge in [0.05, 0.1) is 17.0 Å². The predicted octanol–water partition coefficient (Wildman–Crippen LogP) is 3.69. The number of rotatable bonds is 4. The number of aromatic nitrogens is 4. The molecular formula is C19H21N5S. The van der Waals surface area contributed by atoms with Gasteiger partial charge < -0.3 is 5.32 Å². The first-order chi connectivity index (χ1) is 12.3. The summed E-state index contributed by atoms with van der Waals surface area (Å²) in [4.78, 5) is 8.54. The smallest absolute Gasteiger partial charge is 0.128 e. The van der Waals surface area contributed by atoms with Crippen molar-refractivity contribution in [1.29, 1.82) is 0 Å². The fourth-order valence-corrected chi connectivity index (χ4v) is 4.30. The van der Waals surface area contributed by atoms with Crippen LogP contribution in [0.15, 0.2) is 47.9 Å². The molecule has 1 aliphatic rings. The van der Waals surface area contributed by atoms with Crippen LogP contribution < -0.4 is 5.32 Å². The average Bonchev–Trinajstić information content (AvgIpc) is 3.07. The van der Waals surface area contributed by atoms with Crippen molar-refractivity contribution in [2.75, 3.05) is 13.1 Å². The molecule has 128 valence electrons. The maximum Gasteiger partial charge on any atom is 0.128 e. The standard InChI is InChI=1S/C19H21N5S/c1-13-2-4-14(5-3-13)18-17(16-8-11-21-12-22-16)19(24-23-18)25-15-6-9-20-10-7-15/h2-5,8,11-12,15,20H,6-7,9-10H2,1H3,(H,23,24). The second-order valence-corrected chi connectivity index (χ2v) is 7.60. The lowest BCUT2D eigenvalue weighted by Crippen LogP contribution is -2.29. The van der Waals surface area contributed by atoms with E-state index in [1.54, 1.807) is 12.5 Å². The van der Waals surface area contributed by atoms with Crippen molar-refractivity contribution in [3.63, 3.8) is 0 Å². The second kappa shape index (κ2) is 7.37. The van der Waals surface area contributed by atoms with Crippen LogP contribution in [0.5, 0.6) is 0 Å². The highest BCUT2D eigenvalue weighted by atomic mass is 32.2. The summed E-state index contributed by atoms with van der Waals surface area (Å²) in [6.07, 6.45) is 5.72.